The van der Waals surface area contributed by atoms with Gasteiger partial charge in [0.05, 0.1) is 18.7 Å². The number of carbonyl (C=O) groups is 1. The zero-order valence-electron chi connectivity index (χ0n) is 14.1. The molecule has 0 aromatic carbocycles. The highest BCUT2D eigenvalue weighted by atomic mass is 35.5. The molecular weight excluding hydrogens is 341 g/mol. The van der Waals surface area contributed by atoms with Crippen LogP contribution in [0.1, 0.15) is 46.7 Å². The number of ether oxygens (including phenoxy) is 1. The highest BCUT2D eigenvalue weighted by Gasteiger charge is 2.38. The lowest BCUT2D eigenvalue weighted by Crippen LogP contribution is -2.39. The minimum atomic E-state index is -1.30. The Morgan fingerprint density at radius 1 is 1.35 bits per heavy atom. The number of hydrogen-bond donors (Lipinski definition) is 0. The van der Waals surface area contributed by atoms with Gasteiger partial charge >= 0.3 is 5.97 Å². The number of halogens is 2. The van der Waals surface area contributed by atoms with Gasteiger partial charge in [0.15, 0.2) is 0 Å². The smallest absolute Gasteiger partial charge is 0.306 e. The molecule has 0 unspecified atom stereocenters. The van der Waals surface area contributed by atoms with E-state index in [0.29, 0.717) is 0 Å². The average molecular weight is 364 g/mol. The first-order valence-electron chi connectivity index (χ1n) is 7.36. The van der Waals surface area contributed by atoms with Crippen LogP contribution in [0.3, 0.4) is 0 Å². The average Bonchev–Trinajstić information content (AvgIpc) is 2.40. The van der Waals surface area contributed by atoms with E-state index in [2.05, 4.69) is 4.98 Å². The molecule has 7 heteroatoms. The molecule has 0 aliphatic rings. The van der Waals surface area contributed by atoms with Crippen LogP contribution in [0.4, 0.5) is 4.39 Å². The lowest BCUT2D eigenvalue weighted by Gasteiger charge is -2.31. The predicted molar refractivity (Wildman–Crippen MR) is 90.6 cm³/mol. The molecule has 1 aromatic rings. The Balaban J connectivity index is 3.27. The first-order chi connectivity index (χ1) is 10.5. The van der Waals surface area contributed by atoms with Crippen LogP contribution in [0, 0.1) is 5.82 Å². The quantitative estimate of drug-likeness (QED) is 0.572. The molecule has 0 saturated heterocycles. The highest BCUT2D eigenvalue weighted by molar-refractivity contribution is 7.86. The van der Waals surface area contributed by atoms with Gasteiger partial charge < -0.3 is 4.74 Å². The molecule has 0 saturated carbocycles. The van der Waals surface area contributed by atoms with Crippen molar-refractivity contribution in [2.45, 2.75) is 51.2 Å². The molecule has 0 spiro atoms. The lowest BCUT2D eigenvalue weighted by atomic mass is 9.84. The van der Waals surface area contributed by atoms with Gasteiger partial charge in [-0.25, -0.2) is 9.37 Å². The first kappa shape index (κ1) is 20.0. The normalized spacial score (nSPS) is 15.8. The second-order valence-electron chi connectivity index (χ2n) is 6.61. The number of pyridine rings is 1. The topological polar surface area (TPSA) is 56.3 Å². The summed E-state index contributed by atoms with van der Waals surface area (Å²) in [4.78, 5) is 16.0. The molecule has 23 heavy (non-hydrogen) atoms. The lowest BCUT2D eigenvalue weighted by molar-refractivity contribution is -0.144. The van der Waals surface area contributed by atoms with E-state index in [9.17, 15) is 13.4 Å². The van der Waals surface area contributed by atoms with E-state index in [0.717, 1.165) is 0 Å². The fourth-order valence-electron chi connectivity index (χ4n) is 2.08. The van der Waals surface area contributed by atoms with Crippen molar-refractivity contribution in [3.05, 3.63) is 28.8 Å². The Hall–Kier alpha value is -1.01. The molecule has 0 fully saturated rings. The number of rotatable bonds is 6. The Morgan fingerprint density at radius 2 is 1.96 bits per heavy atom. The monoisotopic (exact) mass is 363 g/mol. The van der Waals surface area contributed by atoms with Gasteiger partial charge in [-0.15, -0.1) is 0 Å². The summed E-state index contributed by atoms with van der Waals surface area (Å²) in [6.07, 6.45) is -0.118. The fourth-order valence-corrected chi connectivity index (χ4v) is 3.48. The maximum Gasteiger partial charge on any atom is 0.306 e. The molecule has 1 rings (SSSR count). The highest BCUT2D eigenvalue weighted by Crippen LogP contribution is 2.33. The van der Waals surface area contributed by atoms with Crippen molar-refractivity contribution in [3.8, 4) is 0 Å². The molecule has 2 atom stereocenters. The van der Waals surface area contributed by atoms with Crippen molar-refractivity contribution < 1.29 is 18.1 Å². The zero-order chi connectivity index (χ0) is 17.8. The van der Waals surface area contributed by atoms with Gasteiger partial charge in [0.25, 0.3) is 0 Å². The van der Waals surface area contributed by atoms with E-state index in [1.54, 1.807) is 13.8 Å². The van der Waals surface area contributed by atoms with Crippen LogP contribution in [0.2, 0.25) is 5.15 Å². The molecule has 0 N–H and O–H groups in total. The maximum atomic E-state index is 14.3. The number of nitrogens with zero attached hydrogens (tertiary/aromatic N) is 1. The molecule has 0 radical (unpaired) electrons. The summed E-state index contributed by atoms with van der Waals surface area (Å²) >= 11 is 5.88. The molecule has 4 nitrogen and oxygen atoms in total. The van der Waals surface area contributed by atoms with E-state index in [1.807, 2.05) is 20.8 Å². The second kappa shape index (κ2) is 7.71. The van der Waals surface area contributed by atoms with Crippen LogP contribution < -0.4 is 0 Å². The molecular formula is C16H23ClFNO3S. The first-order valence-corrected chi connectivity index (χ1v) is 9.06. The summed E-state index contributed by atoms with van der Waals surface area (Å²) in [5.41, 5.74) is -1.03. The van der Waals surface area contributed by atoms with Gasteiger partial charge in [-0.1, -0.05) is 18.5 Å². The Kier molecular flexibility index (Phi) is 6.71. The standard InChI is InChI=1S/C16H23ClFNO3S/c1-6-22-13(20)9-16(5,10-23(21)15(2,3)4)14-11(18)7-8-12(17)19-14/h7-8H,6,9-10H2,1-5H3/t16-,23+/m1/s1. The van der Waals surface area contributed by atoms with Crippen molar-refractivity contribution >= 4 is 28.4 Å². The van der Waals surface area contributed by atoms with E-state index in [1.165, 1.54) is 12.1 Å². The fraction of sp³-hybridized carbons (Fsp3) is 0.625. The van der Waals surface area contributed by atoms with Crippen molar-refractivity contribution in [2.75, 3.05) is 12.4 Å². The molecule has 0 aliphatic carbocycles. The van der Waals surface area contributed by atoms with Crippen LogP contribution in [-0.4, -0.2) is 32.3 Å². The van der Waals surface area contributed by atoms with Crippen LogP contribution in [0.5, 0.6) is 0 Å². The van der Waals surface area contributed by atoms with Gasteiger partial charge in [0, 0.05) is 26.7 Å². The minimum absolute atomic E-state index is 0.0376. The third kappa shape index (κ3) is 5.53. The van der Waals surface area contributed by atoms with Crippen molar-refractivity contribution in [3.63, 3.8) is 0 Å². The summed E-state index contributed by atoms with van der Waals surface area (Å²) in [6.45, 7) is 9.07. The van der Waals surface area contributed by atoms with Crippen LogP contribution in [0.15, 0.2) is 12.1 Å². The summed E-state index contributed by atoms with van der Waals surface area (Å²) < 4.78 is 31.3. The number of hydrogen-bond acceptors (Lipinski definition) is 4. The third-order valence-corrected chi connectivity index (χ3v) is 5.83. The predicted octanol–water partition coefficient (Wildman–Crippen LogP) is 3.63. The SMILES string of the molecule is CCOC(=O)C[C@](C)(C[S@](=O)C(C)(C)C)c1nc(Cl)ccc1F. The summed E-state index contributed by atoms with van der Waals surface area (Å²) in [6, 6.07) is 2.54. The Morgan fingerprint density at radius 3 is 2.48 bits per heavy atom. The van der Waals surface area contributed by atoms with E-state index in [-0.39, 0.29) is 29.6 Å². The Labute approximate surface area is 144 Å². The molecule has 130 valence electrons. The summed E-state index contributed by atoms with van der Waals surface area (Å²) in [7, 11) is -1.30. The van der Waals surface area contributed by atoms with Crippen molar-refractivity contribution in [2.24, 2.45) is 0 Å². The van der Waals surface area contributed by atoms with Gasteiger partial charge in [0.2, 0.25) is 0 Å². The molecule has 1 heterocycles. The van der Waals surface area contributed by atoms with Crippen LogP contribution in [-0.2, 0) is 25.7 Å². The van der Waals surface area contributed by atoms with Crippen molar-refractivity contribution in [1.29, 1.82) is 0 Å². The molecule has 0 aliphatic heterocycles. The van der Waals surface area contributed by atoms with E-state index < -0.39 is 32.7 Å². The zero-order valence-corrected chi connectivity index (χ0v) is 15.7. The Bertz CT molecular complexity index is 603. The number of carbonyl (C=O) groups excluding carboxylic acids is 1. The van der Waals surface area contributed by atoms with Crippen LogP contribution in [0.25, 0.3) is 0 Å². The number of esters is 1. The minimum Gasteiger partial charge on any atom is -0.466 e. The summed E-state index contributed by atoms with van der Waals surface area (Å²) in [5, 5.41) is 0.123. The van der Waals surface area contributed by atoms with Gasteiger partial charge in [-0.3, -0.25) is 9.00 Å². The molecule has 1 aromatic heterocycles. The van der Waals surface area contributed by atoms with Gasteiger partial charge in [0.1, 0.15) is 11.0 Å². The second-order valence-corrected chi connectivity index (χ2v) is 9.20. The van der Waals surface area contributed by atoms with Gasteiger partial charge in [-0.2, -0.15) is 0 Å². The third-order valence-electron chi connectivity index (χ3n) is 3.36. The van der Waals surface area contributed by atoms with E-state index in [4.69, 9.17) is 16.3 Å². The van der Waals surface area contributed by atoms with E-state index >= 15 is 0 Å². The van der Waals surface area contributed by atoms with Gasteiger partial charge in [-0.05, 0) is 39.8 Å². The van der Waals surface area contributed by atoms with Crippen LogP contribution >= 0.6 is 11.6 Å². The van der Waals surface area contributed by atoms with Crippen molar-refractivity contribution in [1.82, 2.24) is 4.98 Å². The summed E-state index contributed by atoms with van der Waals surface area (Å²) in [5.74, 6) is -0.978. The maximum absolute atomic E-state index is 14.3. The molecule has 0 amide bonds. The largest absolute Gasteiger partial charge is 0.466 e. The number of aromatic nitrogens is 1. The molecule has 0 bridgehead atoms.